The number of aromatic nitrogens is 1. The van der Waals surface area contributed by atoms with E-state index in [0.717, 1.165) is 30.5 Å². The van der Waals surface area contributed by atoms with Gasteiger partial charge in [0.1, 0.15) is 42.5 Å². The SMILES string of the molecule is O=C(CC(c1ccc(F)cc1)c1cc(F)cc(F)c1)Nc1cncc(F)c1CCC1CNCC(COC(=O)NCC(F)(F)F)O1. The molecule has 0 spiro atoms. The average Bonchev–Trinajstić information content (AvgIpc) is 2.97. The molecule has 0 bridgehead atoms. The number of nitrogens with zero attached hydrogens (tertiary/aromatic N) is 1. The van der Waals surface area contributed by atoms with E-state index in [1.165, 1.54) is 18.3 Å². The predicted octanol–water partition coefficient (Wildman–Crippen LogP) is 5.38. The van der Waals surface area contributed by atoms with Crippen molar-refractivity contribution in [1.82, 2.24) is 15.6 Å². The molecule has 45 heavy (non-hydrogen) atoms. The third kappa shape index (κ3) is 10.4. The van der Waals surface area contributed by atoms with Crippen LogP contribution in [-0.4, -0.2) is 61.6 Å². The fourth-order valence-electron chi connectivity index (χ4n) is 4.85. The summed E-state index contributed by atoms with van der Waals surface area (Å²) in [4.78, 5) is 28.5. The van der Waals surface area contributed by atoms with Gasteiger partial charge in [-0.15, -0.1) is 0 Å². The van der Waals surface area contributed by atoms with Crippen LogP contribution in [0.2, 0.25) is 0 Å². The van der Waals surface area contributed by atoms with Crippen LogP contribution in [0, 0.1) is 23.3 Å². The molecule has 242 valence electrons. The Bertz CT molecular complexity index is 1450. The first-order valence-corrected chi connectivity index (χ1v) is 13.8. The molecule has 3 N–H and O–H groups in total. The van der Waals surface area contributed by atoms with E-state index in [2.05, 4.69) is 15.6 Å². The minimum atomic E-state index is -4.58. The number of halogens is 7. The number of amides is 2. The monoisotopic (exact) mass is 642 g/mol. The summed E-state index contributed by atoms with van der Waals surface area (Å²) in [7, 11) is 0. The van der Waals surface area contributed by atoms with Gasteiger partial charge in [0, 0.05) is 37.1 Å². The quantitative estimate of drug-likeness (QED) is 0.243. The maximum Gasteiger partial charge on any atom is 0.407 e. The highest BCUT2D eigenvalue weighted by Gasteiger charge is 2.29. The van der Waals surface area contributed by atoms with Gasteiger partial charge in [-0.05, 0) is 48.2 Å². The smallest absolute Gasteiger partial charge is 0.407 e. The van der Waals surface area contributed by atoms with Crippen molar-refractivity contribution in [2.75, 3.05) is 31.6 Å². The van der Waals surface area contributed by atoms with E-state index < -0.39 is 66.1 Å². The fourth-order valence-corrected chi connectivity index (χ4v) is 4.85. The zero-order valence-electron chi connectivity index (χ0n) is 23.6. The number of rotatable bonds is 11. The van der Waals surface area contributed by atoms with Gasteiger partial charge in [0.2, 0.25) is 5.91 Å². The van der Waals surface area contributed by atoms with Gasteiger partial charge in [-0.1, -0.05) is 12.1 Å². The van der Waals surface area contributed by atoms with E-state index in [9.17, 15) is 40.3 Å². The molecule has 1 aromatic heterocycles. The van der Waals surface area contributed by atoms with Crippen LogP contribution in [0.5, 0.6) is 0 Å². The molecule has 0 saturated carbocycles. The zero-order chi connectivity index (χ0) is 32.6. The molecule has 3 atom stereocenters. The standard InChI is InChI=1S/C30H29F7N4O4/c31-19-3-1-17(2-4-19)25(18-7-20(32)9-21(33)8-18)10-28(42)41-27-14-39-13-26(34)24(27)6-5-22-11-38-12-23(45-22)15-44-29(43)40-16-30(35,36)37/h1-4,7-9,13-14,22-23,25,38H,5-6,10-12,15-16H2,(H,40,43)(H,41,42). The first-order chi connectivity index (χ1) is 21.4. The highest BCUT2D eigenvalue weighted by molar-refractivity contribution is 5.92. The Morgan fingerprint density at radius 1 is 0.956 bits per heavy atom. The Labute approximate surface area is 253 Å². The number of alkyl carbamates (subject to hydrolysis) is 1. The van der Waals surface area contributed by atoms with Gasteiger partial charge in [-0.3, -0.25) is 9.78 Å². The Hall–Kier alpha value is -4.24. The average molecular weight is 643 g/mol. The Morgan fingerprint density at radius 2 is 1.64 bits per heavy atom. The number of hydrogen-bond acceptors (Lipinski definition) is 6. The third-order valence-corrected chi connectivity index (χ3v) is 6.91. The van der Waals surface area contributed by atoms with Crippen LogP contribution >= 0.6 is 0 Å². The molecule has 1 fully saturated rings. The Morgan fingerprint density at radius 3 is 2.33 bits per heavy atom. The van der Waals surface area contributed by atoms with Crippen LogP contribution in [0.4, 0.5) is 41.2 Å². The van der Waals surface area contributed by atoms with Gasteiger partial charge < -0.3 is 25.4 Å². The van der Waals surface area contributed by atoms with Gasteiger partial charge in [0.15, 0.2) is 0 Å². The molecular formula is C30H29F7N4O4. The lowest BCUT2D eigenvalue weighted by atomic mass is 9.88. The minimum absolute atomic E-state index is 0.0632. The van der Waals surface area contributed by atoms with Crippen LogP contribution in [0.15, 0.2) is 54.9 Å². The van der Waals surface area contributed by atoms with Crippen molar-refractivity contribution in [3.8, 4) is 0 Å². The number of nitrogens with one attached hydrogen (secondary N) is 3. The van der Waals surface area contributed by atoms with Crippen molar-refractivity contribution in [2.45, 2.75) is 43.6 Å². The fraction of sp³-hybridized carbons (Fsp3) is 0.367. The number of anilines is 1. The normalized spacial score (nSPS) is 17.4. The van der Waals surface area contributed by atoms with Crippen molar-refractivity contribution in [1.29, 1.82) is 0 Å². The topological polar surface area (TPSA) is 102 Å². The molecule has 2 amide bonds. The zero-order valence-corrected chi connectivity index (χ0v) is 23.6. The summed E-state index contributed by atoms with van der Waals surface area (Å²) < 4.78 is 104. The second kappa shape index (κ2) is 15.2. The summed E-state index contributed by atoms with van der Waals surface area (Å²) in [5.74, 6) is -4.44. The van der Waals surface area contributed by atoms with Crippen LogP contribution < -0.4 is 16.0 Å². The van der Waals surface area contributed by atoms with Crippen molar-refractivity contribution in [3.05, 3.63) is 94.8 Å². The second-order valence-corrected chi connectivity index (χ2v) is 10.4. The molecular weight excluding hydrogens is 613 g/mol. The van der Waals surface area contributed by atoms with Crippen molar-refractivity contribution in [3.63, 3.8) is 0 Å². The number of ether oxygens (including phenoxy) is 2. The van der Waals surface area contributed by atoms with Crippen LogP contribution in [0.25, 0.3) is 0 Å². The minimum Gasteiger partial charge on any atom is -0.447 e. The highest BCUT2D eigenvalue weighted by atomic mass is 19.4. The van der Waals surface area contributed by atoms with Crippen molar-refractivity contribution in [2.24, 2.45) is 0 Å². The van der Waals surface area contributed by atoms with Crippen molar-refractivity contribution >= 4 is 17.7 Å². The van der Waals surface area contributed by atoms with Gasteiger partial charge in [-0.25, -0.2) is 22.4 Å². The third-order valence-electron chi connectivity index (χ3n) is 6.91. The maximum absolute atomic E-state index is 14.9. The molecule has 1 saturated heterocycles. The molecule has 2 aromatic carbocycles. The summed E-state index contributed by atoms with van der Waals surface area (Å²) >= 11 is 0. The second-order valence-electron chi connectivity index (χ2n) is 10.4. The van der Waals surface area contributed by atoms with Crippen molar-refractivity contribution < 1.29 is 49.8 Å². The molecule has 8 nitrogen and oxygen atoms in total. The van der Waals surface area contributed by atoms with E-state index in [1.54, 1.807) is 5.32 Å². The first-order valence-electron chi connectivity index (χ1n) is 13.8. The molecule has 3 unspecified atom stereocenters. The number of alkyl halides is 3. The largest absolute Gasteiger partial charge is 0.447 e. The summed E-state index contributed by atoms with van der Waals surface area (Å²) in [5.41, 5.74) is 0.743. The van der Waals surface area contributed by atoms with Crippen LogP contribution in [-0.2, 0) is 20.7 Å². The van der Waals surface area contributed by atoms with Gasteiger partial charge in [0.25, 0.3) is 0 Å². The van der Waals surface area contributed by atoms with E-state index >= 15 is 0 Å². The van der Waals surface area contributed by atoms with Gasteiger partial charge >= 0.3 is 12.3 Å². The lowest BCUT2D eigenvalue weighted by Crippen LogP contribution is -2.47. The number of carbonyl (C=O) groups excluding carboxylic acids is 2. The molecule has 3 aromatic rings. The maximum atomic E-state index is 14.9. The molecule has 0 aliphatic carbocycles. The van der Waals surface area contributed by atoms with E-state index in [-0.39, 0.29) is 49.2 Å². The summed E-state index contributed by atoms with van der Waals surface area (Å²) in [5, 5.41) is 7.26. The van der Waals surface area contributed by atoms with Crippen LogP contribution in [0.1, 0.15) is 35.4 Å². The summed E-state index contributed by atoms with van der Waals surface area (Å²) in [6.45, 7) is -1.24. The molecule has 0 radical (unpaired) electrons. The molecule has 1 aliphatic rings. The van der Waals surface area contributed by atoms with E-state index in [4.69, 9.17) is 9.47 Å². The number of pyridine rings is 1. The number of hydrogen-bond donors (Lipinski definition) is 3. The summed E-state index contributed by atoms with van der Waals surface area (Å²) in [6.07, 6.45) is -4.77. The van der Waals surface area contributed by atoms with E-state index in [1.807, 2.05) is 0 Å². The van der Waals surface area contributed by atoms with Crippen LogP contribution in [0.3, 0.4) is 0 Å². The van der Waals surface area contributed by atoms with E-state index in [0.29, 0.717) is 18.2 Å². The Kier molecular flexibility index (Phi) is 11.3. The molecule has 15 heteroatoms. The predicted molar refractivity (Wildman–Crippen MR) is 147 cm³/mol. The number of morpholine rings is 1. The molecule has 1 aliphatic heterocycles. The molecule has 4 rings (SSSR count). The lowest BCUT2D eigenvalue weighted by molar-refractivity contribution is -0.124. The first kappa shape index (κ1) is 33.6. The van der Waals surface area contributed by atoms with Gasteiger partial charge in [-0.2, -0.15) is 13.2 Å². The number of carbonyl (C=O) groups is 2. The van der Waals surface area contributed by atoms with Gasteiger partial charge in [0.05, 0.1) is 24.2 Å². The Balaban J connectivity index is 1.38. The number of benzene rings is 2. The summed E-state index contributed by atoms with van der Waals surface area (Å²) in [6, 6.07) is 7.95. The molecule has 2 heterocycles. The lowest BCUT2D eigenvalue weighted by Gasteiger charge is -2.30. The highest BCUT2D eigenvalue weighted by Crippen LogP contribution is 2.31.